The van der Waals surface area contributed by atoms with Gasteiger partial charge in [0.15, 0.2) is 5.96 Å². The number of hydrogen-bond acceptors (Lipinski definition) is 4. The Morgan fingerprint density at radius 3 is 2.43 bits per heavy atom. The van der Waals surface area contributed by atoms with Crippen molar-refractivity contribution in [3.05, 3.63) is 29.8 Å². The average molecular weight is 504 g/mol. The summed E-state index contributed by atoms with van der Waals surface area (Å²) in [5.41, 5.74) is 0.810. The fraction of sp³-hybridized carbons (Fsp3) is 0.600. The van der Waals surface area contributed by atoms with Crippen molar-refractivity contribution in [2.45, 2.75) is 32.6 Å². The predicted molar refractivity (Wildman–Crippen MR) is 123 cm³/mol. The van der Waals surface area contributed by atoms with Gasteiger partial charge in [-0.3, -0.25) is 9.79 Å². The lowest BCUT2D eigenvalue weighted by Crippen LogP contribution is -2.43. The quantitative estimate of drug-likeness (QED) is 0.170. The largest absolute Gasteiger partial charge is 0.508 e. The highest BCUT2D eigenvalue weighted by atomic mass is 127. The van der Waals surface area contributed by atoms with Crippen molar-refractivity contribution in [3.8, 4) is 5.75 Å². The van der Waals surface area contributed by atoms with Crippen molar-refractivity contribution < 1.29 is 14.6 Å². The zero-order chi connectivity index (χ0) is 19.5. The van der Waals surface area contributed by atoms with Crippen LogP contribution >= 0.6 is 24.0 Å². The van der Waals surface area contributed by atoms with E-state index in [1.807, 2.05) is 6.92 Å². The van der Waals surface area contributed by atoms with Crippen LogP contribution in [0.25, 0.3) is 0 Å². The predicted octanol–water partition coefficient (Wildman–Crippen LogP) is 2.50. The summed E-state index contributed by atoms with van der Waals surface area (Å²) in [7, 11) is 1.74. The maximum Gasteiger partial charge on any atom is 0.251 e. The van der Waals surface area contributed by atoms with E-state index in [-0.39, 0.29) is 41.0 Å². The van der Waals surface area contributed by atoms with Crippen LogP contribution in [0.2, 0.25) is 0 Å². The number of halogens is 1. The van der Waals surface area contributed by atoms with E-state index >= 15 is 0 Å². The summed E-state index contributed by atoms with van der Waals surface area (Å²) < 4.78 is 5.24. The summed E-state index contributed by atoms with van der Waals surface area (Å²) in [6.45, 7) is 5.47. The lowest BCUT2D eigenvalue weighted by molar-refractivity contribution is 0.0778. The number of amides is 1. The van der Waals surface area contributed by atoms with Gasteiger partial charge < -0.3 is 25.8 Å². The number of carbonyl (C=O) groups excluding carboxylic acids is 1. The highest BCUT2D eigenvalue weighted by molar-refractivity contribution is 14.0. The van der Waals surface area contributed by atoms with Gasteiger partial charge in [0.05, 0.1) is 0 Å². The lowest BCUT2D eigenvalue weighted by atomic mass is 9.67. The maximum absolute atomic E-state index is 12.1. The second-order valence-corrected chi connectivity index (χ2v) is 7.02. The number of benzene rings is 1. The van der Waals surface area contributed by atoms with Crippen LogP contribution in [0.15, 0.2) is 29.3 Å². The molecule has 2 rings (SSSR count). The minimum atomic E-state index is -0.160. The topological polar surface area (TPSA) is 95.0 Å². The molecule has 28 heavy (non-hydrogen) atoms. The number of phenols is 1. The summed E-state index contributed by atoms with van der Waals surface area (Å²) in [5, 5.41) is 18.6. The molecule has 0 heterocycles. The summed E-state index contributed by atoms with van der Waals surface area (Å²) in [5.74, 6) is 0.765. The number of rotatable bonds is 10. The number of carbonyl (C=O) groups is 1. The minimum Gasteiger partial charge on any atom is -0.508 e. The molecule has 1 aliphatic rings. The summed E-state index contributed by atoms with van der Waals surface area (Å²) in [6.07, 6.45) is 4.74. The molecule has 0 bridgehead atoms. The summed E-state index contributed by atoms with van der Waals surface area (Å²) >= 11 is 0. The number of aliphatic imine (C=N–C) groups is 1. The number of phenolic OH excluding ortho intramolecular Hbond substituents is 1. The Bertz CT molecular complexity index is 618. The Morgan fingerprint density at radius 1 is 1.18 bits per heavy atom. The van der Waals surface area contributed by atoms with Crippen molar-refractivity contribution in [1.82, 2.24) is 16.0 Å². The molecule has 0 atom stereocenters. The molecule has 1 fully saturated rings. The molecule has 4 N–H and O–H groups in total. The Labute approximate surface area is 184 Å². The van der Waals surface area contributed by atoms with E-state index in [1.54, 1.807) is 19.2 Å². The molecular formula is C20H33IN4O3. The number of hydrogen-bond donors (Lipinski definition) is 4. The fourth-order valence-corrected chi connectivity index (χ4v) is 3.14. The number of guanidine groups is 1. The van der Waals surface area contributed by atoms with Crippen LogP contribution < -0.4 is 16.0 Å². The zero-order valence-corrected chi connectivity index (χ0v) is 19.1. The number of nitrogens with one attached hydrogen (secondary N) is 3. The van der Waals surface area contributed by atoms with Gasteiger partial charge in [-0.2, -0.15) is 0 Å². The molecule has 1 aromatic carbocycles. The third kappa shape index (κ3) is 7.83. The molecule has 8 heteroatoms. The first-order chi connectivity index (χ1) is 13.1. The first-order valence-electron chi connectivity index (χ1n) is 9.67. The first-order valence-corrected chi connectivity index (χ1v) is 9.67. The molecule has 0 radical (unpaired) electrons. The number of methoxy groups -OCH3 is 1. The third-order valence-electron chi connectivity index (χ3n) is 5.00. The zero-order valence-electron chi connectivity index (χ0n) is 16.8. The van der Waals surface area contributed by atoms with Crippen molar-refractivity contribution in [2.75, 3.05) is 39.9 Å². The van der Waals surface area contributed by atoms with Gasteiger partial charge in [-0.15, -0.1) is 24.0 Å². The van der Waals surface area contributed by atoms with Gasteiger partial charge in [-0.25, -0.2) is 0 Å². The van der Waals surface area contributed by atoms with E-state index in [0.717, 1.165) is 32.1 Å². The highest BCUT2D eigenvalue weighted by Gasteiger charge is 2.36. The van der Waals surface area contributed by atoms with Crippen LogP contribution in [0.4, 0.5) is 0 Å². The molecule has 1 aliphatic carbocycles. The second-order valence-electron chi connectivity index (χ2n) is 7.02. The smallest absolute Gasteiger partial charge is 0.251 e. The number of nitrogens with zero attached hydrogens (tertiary/aromatic N) is 1. The average Bonchev–Trinajstić information content (AvgIpc) is 2.64. The molecule has 0 aliphatic heterocycles. The first kappa shape index (κ1) is 24.5. The fourth-order valence-electron chi connectivity index (χ4n) is 3.14. The molecule has 0 unspecified atom stereocenters. The van der Waals surface area contributed by atoms with E-state index in [0.29, 0.717) is 18.7 Å². The Kier molecular flexibility index (Phi) is 11.2. The van der Waals surface area contributed by atoms with Crippen LogP contribution in [-0.2, 0) is 4.74 Å². The van der Waals surface area contributed by atoms with Crippen LogP contribution in [0.5, 0.6) is 5.75 Å². The second kappa shape index (κ2) is 12.8. The van der Waals surface area contributed by atoms with Gasteiger partial charge in [-0.05, 0) is 55.9 Å². The Morgan fingerprint density at radius 2 is 1.86 bits per heavy atom. The normalized spacial score (nSPS) is 15.1. The molecule has 1 amide bonds. The van der Waals surface area contributed by atoms with E-state index in [1.165, 1.54) is 31.4 Å². The van der Waals surface area contributed by atoms with Crippen LogP contribution in [0, 0.1) is 5.41 Å². The van der Waals surface area contributed by atoms with Gasteiger partial charge in [-0.1, -0.05) is 6.42 Å². The van der Waals surface area contributed by atoms with Gasteiger partial charge in [0, 0.05) is 45.5 Å². The van der Waals surface area contributed by atoms with Gasteiger partial charge >= 0.3 is 0 Å². The lowest BCUT2D eigenvalue weighted by Gasteiger charge is -2.40. The molecule has 1 aromatic rings. The third-order valence-corrected chi connectivity index (χ3v) is 5.00. The van der Waals surface area contributed by atoms with E-state index in [9.17, 15) is 9.90 Å². The molecule has 0 saturated heterocycles. The molecular weight excluding hydrogens is 471 g/mol. The van der Waals surface area contributed by atoms with Crippen LogP contribution in [0.3, 0.4) is 0 Å². The van der Waals surface area contributed by atoms with Crippen LogP contribution in [0.1, 0.15) is 43.0 Å². The molecule has 158 valence electrons. The molecule has 7 nitrogen and oxygen atoms in total. The van der Waals surface area contributed by atoms with Crippen molar-refractivity contribution in [3.63, 3.8) is 0 Å². The van der Waals surface area contributed by atoms with E-state index in [4.69, 9.17) is 9.73 Å². The van der Waals surface area contributed by atoms with Gasteiger partial charge in [0.1, 0.15) is 5.75 Å². The van der Waals surface area contributed by atoms with E-state index < -0.39 is 0 Å². The van der Waals surface area contributed by atoms with Crippen molar-refractivity contribution >= 4 is 35.8 Å². The Balaban J connectivity index is 0.00000392. The van der Waals surface area contributed by atoms with Crippen molar-refractivity contribution in [2.24, 2.45) is 10.4 Å². The molecule has 0 aromatic heterocycles. The summed E-state index contributed by atoms with van der Waals surface area (Å²) in [6, 6.07) is 6.20. The highest BCUT2D eigenvalue weighted by Crippen LogP contribution is 2.44. The minimum absolute atomic E-state index is 0. The molecule has 1 saturated carbocycles. The monoisotopic (exact) mass is 504 g/mol. The van der Waals surface area contributed by atoms with Gasteiger partial charge in [0.2, 0.25) is 0 Å². The van der Waals surface area contributed by atoms with Crippen molar-refractivity contribution in [1.29, 1.82) is 0 Å². The van der Waals surface area contributed by atoms with Gasteiger partial charge in [0.25, 0.3) is 5.91 Å². The standard InChI is InChI=1S/C20H32N4O3.HI/c1-3-21-19(24-15-20(9-4-10-20)11-14-27-2)23-13-12-22-18(26)16-5-7-17(25)8-6-16;/h5-8,25H,3-4,9-15H2,1-2H3,(H,22,26)(H2,21,23,24);1H. The molecule has 0 spiro atoms. The number of ether oxygens (including phenoxy) is 1. The van der Waals surface area contributed by atoms with E-state index in [2.05, 4.69) is 16.0 Å². The maximum atomic E-state index is 12.1. The Hall–Kier alpha value is -1.55. The van der Waals surface area contributed by atoms with Crippen LogP contribution in [-0.4, -0.2) is 56.9 Å². The summed E-state index contributed by atoms with van der Waals surface area (Å²) in [4.78, 5) is 16.8. The number of aromatic hydroxyl groups is 1. The SMILES string of the molecule is CCNC(=NCC1(CCOC)CCC1)NCCNC(=O)c1ccc(O)cc1.I.